The van der Waals surface area contributed by atoms with Crippen LogP contribution in [0.25, 0.3) is 11.1 Å². The van der Waals surface area contributed by atoms with E-state index in [2.05, 4.69) is 4.98 Å². The number of halogens is 1. The first-order valence-corrected chi connectivity index (χ1v) is 12.0. The second-order valence-corrected chi connectivity index (χ2v) is 8.52. The number of carboxylic acids is 1. The van der Waals surface area contributed by atoms with Gasteiger partial charge in [-0.1, -0.05) is 18.2 Å². The van der Waals surface area contributed by atoms with Gasteiger partial charge in [-0.3, -0.25) is 0 Å². The Morgan fingerprint density at radius 1 is 1.03 bits per heavy atom. The number of aliphatic carboxylic acids is 1. The van der Waals surface area contributed by atoms with Crippen LogP contribution in [0.3, 0.4) is 0 Å². The van der Waals surface area contributed by atoms with Crippen LogP contribution in [0.15, 0.2) is 54.6 Å². The Labute approximate surface area is 243 Å². The molecule has 1 atom stereocenters. The number of hydrogen-bond donors (Lipinski definition) is 2. The summed E-state index contributed by atoms with van der Waals surface area (Å²) in [7, 11) is 0. The normalized spacial score (nSPS) is 11.6. The standard InChI is InChI=1S/C28H32FNO7.Na/c1-3-35-26(13-28(33)34)21-5-7-22(8-6-21)36-16-19-4-10-25(29)24(12-19)23-9-11-27(30-18(23)2)37-17-20(14-31)15-32;/h4-12,20,26,31-32H,3,13-17H2,1-2H3,(H,33,34);/q;+1/p-1/t26-;/m0./s1. The number of nitrogens with zero attached hydrogens (tertiary/aromatic N) is 1. The van der Waals surface area contributed by atoms with Crippen LogP contribution in [-0.2, 0) is 16.1 Å². The number of aliphatic hydroxyl groups is 2. The van der Waals surface area contributed by atoms with Gasteiger partial charge in [0.05, 0.1) is 25.9 Å². The number of carbonyl (C=O) groups is 1. The van der Waals surface area contributed by atoms with Crippen LogP contribution < -0.4 is 44.1 Å². The maximum Gasteiger partial charge on any atom is 1.00 e. The molecule has 1 heterocycles. The summed E-state index contributed by atoms with van der Waals surface area (Å²) in [5.41, 5.74) is 3.00. The van der Waals surface area contributed by atoms with Crippen LogP contribution >= 0.6 is 0 Å². The van der Waals surface area contributed by atoms with Gasteiger partial charge in [-0.25, -0.2) is 9.37 Å². The summed E-state index contributed by atoms with van der Waals surface area (Å²) >= 11 is 0. The van der Waals surface area contributed by atoms with Crippen LogP contribution in [-0.4, -0.2) is 47.6 Å². The number of aromatic nitrogens is 1. The van der Waals surface area contributed by atoms with Crippen LogP contribution in [0.4, 0.5) is 4.39 Å². The van der Waals surface area contributed by atoms with Crippen molar-refractivity contribution in [2.24, 2.45) is 5.92 Å². The molecule has 0 saturated carbocycles. The zero-order valence-electron chi connectivity index (χ0n) is 21.9. The van der Waals surface area contributed by atoms with Crippen molar-refractivity contribution in [3.63, 3.8) is 0 Å². The van der Waals surface area contributed by atoms with E-state index in [1.807, 2.05) is 0 Å². The minimum atomic E-state index is -1.18. The topological polar surface area (TPSA) is 121 Å². The summed E-state index contributed by atoms with van der Waals surface area (Å²) in [6.45, 7) is 3.83. The van der Waals surface area contributed by atoms with E-state index in [1.165, 1.54) is 6.07 Å². The number of rotatable bonds is 14. The molecule has 0 spiro atoms. The second-order valence-electron chi connectivity index (χ2n) is 8.52. The molecule has 2 N–H and O–H groups in total. The van der Waals surface area contributed by atoms with E-state index in [1.54, 1.807) is 62.4 Å². The molecule has 0 aliphatic rings. The average Bonchev–Trinajstić information content (AvgIpc) is 2.89. The fourth-order valence-electron chi connectivity index (χ4n) is 3.71. The SMILES string of the molecule is CCO[C@@H](CC(=O)[O-])c1ccc(OCc2ccc(F)c(-c3ccc(OCC(CO)CO)nc3C)c2)cc1.[Na+]. The van der Waals surface area contributed by atoms with Crippen molar-refractivity contribution in [3.8, 4) is 22.8 Å². The molecule has 3 aromatic rings. The number of pyridine rings is 1. The third kappa shape index (κ3) is 9.04. The number of ether oxygens (including phenoxy) is 3. The van der Waals surface area contributed by atoms with Gasteiger partial charge in [0.25, 0.3) is 0 Å². The van der Waals surface area contributed by atoms with E-state index in [-0.39, 0.29) is 62.4 Å². The number of aliphatic hydroxyl groups excluding tert-OH is 2. The van der Waals surface area contributed by atoms with Gasteiger partial charge >= 0.3 is 29.6 Å². The molecule has 1 aromatic heterocycles. The second kappa shape index (κ2) is 15.8. The Morgan fingerprint density at radius 2 is 1.74 bits per heavy atom. The van der Waals surface area contributed by atoms with Crippen LogP contribution in [0.5, 0.6) is 11.6 Å². The fraction of sp³-hybridized carbons (Fsp3) is 0.357. The van der Waals surface area contributed by atoms with Gasteiger partial charge < -0.3 is 34.3 Å². The predicted octanol–water partition coefficient (Wildman–Crippen LogP) is -0.0237. The summed E-state index contributed by atoms with van der Waals surface area (Å²) in [4.78, 5) is 15.4. The maximum absolute atomic E-state index is 14.7. The van der Waals surface area contributed by atoms with E-state index < -0.39 is 23.8 Å². The molecule has 0 aliphatic heterocycles. The fourth-order valence-corrected chi connectivity index (χ4v) is 3.71. The summed E-state index contributed by atoms with van der Waals surface area (Å²) in [5.74, 6) is -1.10. The Morgan fingerprint density at radius 3 is 2.34 bits per heavy atom. The zero-order valence-corrected chi connectivity index (χ0v) is 23.9. The molecule has 0 amide bonds. The summed E-state index contributed by atoms with van der Waals surface area (Å²) in [6.07, 6.45) is -0.831. The van der Waals surface area contributed by atoms with Crippen molar-refractivity contribution in [2.45, 2.75) is 33.0 Å². The third-order valence-electron chi connectivity index (χ3n) is 5.74. The number of carbonyl (C=O) groups excluding carboxylic acids is 1. The number of hydrogen-bond acceptors (Lipinski definition) is 8. The van der Waals surface area contributed by atoms with E-state index in [9.17, 15) is 14.3 Å². The number of carboxylic acid groups (broad SMARTS) is 1. The summed E-state index contributed by atoms with van der Waals surface area (Å²) < 4.78 is 31.6. The van der Waals surface area contributed by atoms with Crippen LogP contribution in [0.1, 0.15) is 36.3 Å². The molecule has 0 bridgehead atoms. The first kappa shape index (κ1) is 31.7. The molecule has 10 heteroatoms. The van der Waals surface area contributed by atoms with Crippen LogP contribution in [0, 0.1) is 18.7 Å². The van der Waals surface area contributed by atoms with E-state index in [0.717, 1.165) is 5.56 Å². The molecule has 0 saturated heterocycles. The maximum atomic E-state index is 14.7. The average molecular weight is 536 g/mol. The van der Waals surface area contributed by atoms with E-state index in [4.69, 9.17) is 24.4 Å². The van der Waals surface area contributed by atoms with Crippen molar-refractivity contribution >= 4 is 5.97 Å². The minimum Gasteiger partial charge on any atom is -0.550 e. The summed E-state index contributed by atoms with van der Waals surface area (Å²) in [5, 5.41) is 29.3. The number of aryl methyl sites for hydroxylation is 1. The van der Waals surface area contributed by atoms with Gasteiger partial charge in [0.2, 0.25) is 5.88 Å². The molecular formula is C28H31FNNaO7. The largest absolute Gasteiger partial charge is 1.00 e. The van der Waals surface area contributed by atoms with Gasteiger partial charge in [-0.05, 0) is 55.3 Å². The molecular weight excluding hydrogens is 504 g/mol. The Hall–Kier alpha value is -2.53. The molecule has 8 nitrogen and oxygen atoms in total. The van der Waals surface area contributed by atoms with Gasteiger partial charge in [-0.15, -0.1) is 0 Å². The zero-order chi connectivity index (χ0) is 26.8. The van der Waals surface area contributed by atoms with E-state index >= 15 is 0 Å². The Bertz CT molecular complexity index is 1170. The monoisotopic (exact) mass is 535 g/mol. The van der Waals surface area contributed by atoms with Gasteiger partial charge in [0.1, 0.15) is 18.2 Å². The molecule has 0 fully saturated rings. The molecule has 38 heavy (non-hydrogen) atoms. The molecule has 0 aliphatic carbocycles. The smallest absolute Gasteiger partial charge is 0.550 e. The molecule has 198 valence electrons. The minimum absolute atomic E-state index is 0. The quantitative estimate of drug-likeness (QED) is 0.276. The van der Waals surface area contributed by atoms with Crippen molar-refractivity contribution in [3.05, 3.63) is 77.2 Å². The van der Waals surface area contributed by atoms with Gasteiger partial charge in [0, 0.05) is 47.8 Å². The van der Waals surface area contributed by atoms with Crippen molar-refractivity contribution in [1.29, 1.82) is 0 Å². The number of benzene rings is 2. The van der Waals surface area contributed by atoms with Gasteiger partial charge in [0.15, 0.2) is 0 Å². The van der Waals surface area contributed by atoms with Crippen molar-refractivity contribution in [1.82, 2.24) is 4.98 Å². The molecule has 0 radical (unpaired) electrons. The van der Waals surface area contributed by atoms with Gasteiger partial charge in [-0.2, -0.15) is 0 Å². The van der Waals surface area contributed by atoms with Crippen LogP contribution in [0.2, 0.25) is 0 Å². The van der Waals surface area contributed by atoms with Crippen molar-refractivity contribution in [2.75, 3.05) is 26.4 Å². The summed E-state index contributed by atoms with van der Waals surface area (Å²) in [6, 6.07) is 15.0. The predicted molar refractivity (Wildman–Crippen MR) is 132 cm³/mol. The first-order valence-electron chi connectivity index (χ1n) is 12.0. The molecule has 2 aromatic carbocycles. The van der Waals surface area contributed by atoms with Crippen molar-refractivity contribution < 1.29 is 68.3 Å². The first-order chi connectivity index (χ1) is 17.8. The Kier molecular flexibility index (Phi) is 13.2. The Balaban J connectivity index is 0.00000507. The molecule has 3 rings (SSSR count). The third-order valence-corrected chi connectivity index (χ3v) is 5.74. The molecule has 0 unspecified atom stereocenters. The van der Waals surface area contributed by atoms with E-state index in [0.29, 0.717) is 40.6 Å².